The number of para-hydroxylation sites is 1. The van der Waals surface area contributed by atoms with E-state index in [2.05, 4.69) is 37.5 Å². The highest BCUT2D eigenvalue weighted by Gasteiger charge is 2.37. The van der Waals surface area contributed by atoms with E-state index in [-0.39, 0.29) is 45.7 Å². The van der Waals surface area contributed by atoms with E-state index in [1.807, 2.05) is 17.8 Å². The Hall–Kier alpha value is -3.42. The van der Waals surface area contributed by atoms with Crippen LogP contribution in [0.5, 0.6) is 5.75 Å². The van der Waals surface area contributed by atoms with Gasteiger partial charge in [-0.2, -0.15) is 0 Å². The van der Waals surface area contributed by atoms with Crippen LogP contribution in [0.25, 0.3) is 0 Å². The van der Waals surface area contributed by atoms with Crippen LogP contribution in [0.3, 0.4) is 0 Å². The van der Waals surface area contributed by atoms with E-state index >= 15 is 0 Å². The number of hydrogen-bond acceptors (Lipinski definition) is 6. The number of hydrogen-bond donors (Lipinski definition) is 3. The lowest BCUT2D eigenvalue weighted by molar-refractivity contribution is -0.441. The Bertz CT molecular complexity index is 1160. The van der Waals surface area contributed by atoms with Crippen LogP contribution in [0.1, 0.15) is 37.6 Å². The van der Waals surface area contributed by atoms with Crippen molar-refractivity contribution in [2.24, 2.45) is 5.41 Å². The molecule has 31 heavy (non-hydrogen) atoms. The summed E-state index contributed by atoms with van der Waals surface area (Å²) in [5.41, 5.74) is 0.0399. The summed E-state index contributed by atoms with van der Waals surface area (Å²) in [5.74, 6) is -0.648. The highest BCUT2D eigenvalue weighted by molar-refractivity contribution is 5.99. The second-order valence-electron chi connectivity index (χ2n) is 9.04. The van der Waals surface area contributed by atoms with Crippen LogP contribution in [0, 0.1) is 5.41 Å². The molecule has 0 radical (unpaired) electrons. The first kappa shape index (κ1) is 22.3. The molecule has 1 aliphatic heterocycles. The molecule has 1 amide bonds. The molecule has 0 saturated carbocycles. The molecule has 0 unspecified atom stereocenters. The molecule has 8 heteroatoms. The Morgan fingerprint density at radius 2 is 1.81 bits per heavy atom. The fourth-order valence-electron chi connectivity index (χ4n) is 3.62. The number of benzene rings is 1. The number of rotatable bonds is 6. The lowest BCUT2D eigenvalue weighted by Crippen LogP contribution is -2.44. The third kappa shape index (κ3) is 4.10. The zero-order valence-electron chi connectivity index (χ0n) is 18.7. The maximum atomic E-state index is 12.4. The van der Waals surface area contributed by atoms with Crippen LogP contribution >= 0.6 is 0 Å². The van der Waals surface area contributed by atoms with E-state index in [4.69, 9.17) is 0 Å². The first-order valence-corrected chi connectivity index (χ1v) is 10.1. The molecule has 0 saturated heterocycles. The normalized spacial score (nSPS) is 14.8. The summed E-state index contributed by atoms with van der Waals surface area (Å²) in [6.45, 7) is 6.16. The lowest BCUT2D eigenvalue weighted by Gasteiger charge is -2.31. The first-order valence-electron chi connectivity index (χ1n) is 10.1. The van der Waals surface area contributed by atoms with Crippen LogP contribution in [0.15, 0.2) is 39.6 Å². The van der Waals surface area contributed by atoms with Crippen molar-refractivity contribution in [3.8, 4) is 5.75 Å². The molecule has 1 heterocycles. The van der Waals surface area contributed by atoms with E-state index < -0.39 is 10.9 Å². The van der Waals surface area contributed by atoms with Gasteiger partial charge in [-0.1, -0.05) is 26.8 Å². The van der Waals surface area contributed by atoms with Gasteiger partial charge in [0.25, 0.3) is 16.8 Å². The zero-order chi connectivity index (χ0) is 23.1. The van der Waals surface area contributed by atoms with Crippen molar-refractivity contribution in [1.29, 1.82) is 0 Å². The van der Waals surface area contributed by atoms with Crippen molar-refractivity contribution in [3.63, 3.8) is 0 Å². The number of aromatic hydroxyl groups is 1. The molecule has 3 N–H and O–H groups in total. The molecule has 1 atom stereocenters. The second-order valence-corrected chi connectivity index (χ2v) is 9.04. The maximum Gasteiger partial charge on any atom is 0.257 e. The van der Waals surface area contributed by atoms with E-state index in [9.17, 15) is 19.5 Å². The topological polar surface area (TPSA) is 102 Å². The van der Waals surface area contributed by atoms with Crippen molar-refractivity contribution in [2.45, 2.75) is 33.2 Å². The second kappa shape index (κ2) is 8.02. The third-order valence-electron chi connectivity index (χ3n) is 5.41. The Balaban J connectivity index is 1.95. The molecule has 2 aromatic rings. The van der Waals surface area contributed by atoms with Crippen molar-refractivity contribution < 1.29 is 14.5 Å². The monoisotopic (exact) mass is 425 g/mol. The number of anilines is 3. The van der Waals surface area contributed by atoms with E-state index in [0.29, 0.717) is 0 Å². The van der Waals surface area contributed by atoms with Crippen molar-refractivity contribution >= 4 is 29.2 Å². The van der Waals surface area contributed by atoms with Gasteiger partial charge in [0.2, 0.25) is 0 Å². The number of nitrogens with zero attached hydrogens (tertiary/aromatic N) is 2. The van der Waals surface area contributed by atoms with Gasteiger partial charge in [-0.25, -0.2) is 4.58 Å². The van der Waals surface area contributed by atoms with Crippen LogP contribution in [-0.2, 0) is 0 Å². The molecule has 0 fully saturated rings. The largest absolute Gasteiger partial charge is 0.505 e. The number of carbonyl (C=O) groups excluding carboxylic acids is 1. The molecule has 3 rings (SSSR count). The van der Waals surface area contributed by atoms with E-state index in [1.165, 1.54) is 11.0 Å². The van der Waals surface area contributed by atoms with Gasteiger partial charge in [0.1, 0.15) is 30.7 Å². The fraction of sp³-hybridized carbons (Fsp3) is 0.391. The molecule has 0 aliphatic carbocycles. The minimum absolute atomic E-state index is 0.0780. The molecule has 0 bridgehead atoms. The van der Waals surface area contributed by atoms with Gasteiger partial charge in [0.15, 0.2) is 11.4 Å². The van der Waals surface area contributed by atoms with Gasteiger partial charge in [-0.3, -0.25) is 14.4 Å². The van der Waals surface area contributed by atoms with E-state index in [1.54, 1.807) is 26.2 Å². The average molecular weight is 426 g/mol. The summed E-state index contributed by atoms with van der Waals surface area (Å²) in [6, 6.07) is 4.43. The molecule has 2 aromatic carbocycles. The lowest BCUT2D eigenvalue weighted by atomic mass is 9.84. The fourth-order valence-corrected chi connectivity index (χ4v) is 3.62. The van der Waals surface area contributed by atoms with Gasteiger partial charge < -0.3 is 20.6 Å². The Morgan fingerprint density at radius 1 is 1.16 bits per heavy atom. The van der Waals surface area contributed by atoms with Crippen molar-refractivity contribution in [3.05, 3.63) is 56.0 Å². The van der Waals surface area contributed by atoms with Crippen LogP contribution in [0.2, 0.25) is 0 Å². The molecular formula is C23H29N4O4+. The van der Waals surface area contributed by atoms with Gasteiger partial charge in [-0.15, -0.1) is 0 Å². The summed E-state index contributed by atoms with van der Waals surface area (Å²) < 4.78 is 2.02. The van der Waals surface area contributed by atoms with Crippen LogP contribution in [-0.4, -0.2) is 53.9 Å². The summed E-state index contributed by atoms with van der Waals surface area (Å²) >= 11 is 0. The van der Waals surface area contributed by atoms with Gasteiger partial charge in [0, 0.05) is 20.5 Å². The Morgan fingerprint density at radius 3 is 2.35 bits per heavy atom. The minimum atomic E-state index is -0.667. The van der Waals surface area contributed by atoms with Crippen molar-refractivity contribution in [1.82, 2.24) is 4.90 Å². The van der Waals surface area contributed by atoms with Crippen LogP contribution < -0.4 is 21.5 Å². The van der Waals surface area contributed by atoms with Crippen LogP contribution in [0.4, 0.5) is 17.1 Å². The minimum Gasteiger partial charge on any atom is -0.505 e. The molecule has 164 valence electrons. The Labute approximate surface area is 181 Å². The average Bonchev–Trinajstić information content (AvgIpc) is 3.11. The first-order chi connectivity index (χ1) is 14.4. The predicted molar refractivity (Wildman–Crippen MR) is 123 cm³/mol. The quantitative estimate of drug-likeness (QED) is 0.373. The van der Waals surface area contributed by atoms with E-state index in [0.717, 1.165) is 12.1 Å². The van der Waals surface area contributed by atoms with Crippen molar-refractivity contribution in [2.75, 3.05) is 31.8 Å². The molecule has 8 nitrogen and oxygen atoms in total. The molecule has 0 aromatic heterocycles. The highest BCUT2D eigenvalue weighted by atomic mass is 16.3. The number of carbonyl (C=O) groups is 1. The smallest absolute Gasteiger partial charge is 0.257 e. The Kier molecular flexibility index (Phi) is 5.76. The summed E-state index contributed by atoms with van der Waals surface area (Å²) in [4.78, 5) is 38.4. The number of likely N-dealkylation sites (N-methyl/N-ethyl adjacent to an activating group) is 1. The highest BCUT2D eigenvalue weighted by Crippen LogP contribution is 2.34. The SMILES string of the molecule is CN(C)C(=O)c1cccc(Nc2c(N[C@@H](C3=CCC=[N+]3C)C(C)(C)C)c(=O)c2=O)c1O. The van der Waals surface area contributed by atoms with Gasteiger partial charge in [0.05, 0.1) is 11.3 Å². The maximum absolute atomic E-state index is 12.4. The standard InChI is InChI=1S/C23H28N4O4/c1-23(2,3)21(15-11-8-12-27(15)6)25-17-16(19(29)20(17)30)24-14-10-7-9-13(18(14)28)22(31)26(4)5/h7,9-12,21H,8H2,1-6H3,(H2-,24,25,28,29,30,31)/p+1/t21-/m0/s1. The van der Waals surface area contributed by atoms with Gasteiger partial charge in [-0.05, 0) is 23.6 Å². The number of allylic oxidation sites excluding steroid dienone is 1. The van der Waals surface area contributed by atoms with Gasteiger partial charge >= 0.3 is 0 Å². The molecular weight excluding hydrogens is 396 g/mol. The predicted octanol–water partition coefficient (Wildman–Crippen LogP) is 2.26. The summed E-state index contributed by atoms with van der Waals surface area (Å²) in [6.07, 6.45) is 4.93. The molecule has 1 aliphatic rings. The number of nitrogens with one attached hydrogen (secondary N) is 2. The summed E-state index contributed by atoms with van der Waals surface area (Å²) in [5, 5.41) is 16.7. The molecule has 0 spiro atoms. The summed E-state index contributed by atoms with van der Waals surface area (Å²) in [7, 11) is 5.12. The number of phenolic OH excluding ortho intramolecular Hbond substituents is 1. The third-order valence-corrected chi connectivity index (χ3v) is 5.41. The number of amides is 1. The number of phenols is 1. The zero-order valence-corrected chi connectivity index (χ0v) is 18.7.